The molecular weight excluding hydrogens is 412 g/mol. The molecule has 1 atom stereocenters. The Labute approximate surface area is 190 Å². The second-order valence-corrected chi connectivity index (χ2v) is 9.36. The Balaban J connectivity index is 1.56. The lowest BCUT2D eigenvalue weighted by Crippen LogP contribution is -2.47. The lowest BCUT2D eigenvalue weighted by molar-refractivity contribution is -0.131. The highest BCUT2D eigenvalue weighted by molar-refractivity contribution is 6.30. The van der Waals surface area contributed by atoms with Crippen LogP contribution in [0.25, 0.3) is 0 Å². The Morgan fingerprint density at radius 1 is 1.26 bits per heavy atom. The van der Waals surface area contributed by atoms with Gasteiger partial charge in [0.2, 0.25) is 0 Å². The maximum Gasteiger partial charge on any atom is 0.255 e. The average molecular weight is 447 g/mol. The van der Waals surface area contributed by atoms with Crippen LogP contribution in [0.5, 0.6) is 0 Å². The van der Waals surface area contributed by atoms with Crippen LogP contribution in [0.1, 0.15) is 75.6 Å². The number of nitrogens with one attached hydrogen (secondary N) is 2. The van der Waals surface area contributed by atoms with Gasteiger partial charge < -0.3 is 10.2 Å². The van der Waals surface area contributed by atoms with Crippen LogP contribution in [0.2, 0.25) is 5.02 Å². The summed E-state index contributed by atoms with van der Waals surface area (Å²) in [5.41, 5.74) is 0.0124. The molecule has 3 rings (SSSR count). The van der Waals surface area contributed by atoms with Gasteiger partial charge >= 0.3 is 0 Å². The summed E-state index contributed by atoms with van der Waals surface area (Å²) in [7, 11) is 0. The number of amides is 2. The molecule has 0 aromatic heterocycles. The summed E-state index contributed by atoms with van der Waals surface area (Å²) in [6.45, 7) is 6.20. The van der Waals surface area contributed by atoms with Crippen molar-refractivity contribution in [1.82, 2.24) is 15.1 Å². The summed E-state index contributed by atoms with van der Waals surface area (Å²) in [6, 6.07) is 7.06. The first-order chi connectivity index (χ1) is 14.9. The molecule has 6 nitrogen and oxygen atoms in total. The molecule has 0 bridgehead atoms. The van der Waals surface area contributed by atoms with Crippen LogP contribution in [-0.4, -0.2) is 52.7 Å². The van der Waals surface area contributed by atoms with Gasteiger partial charge in [-0.15, -0.1) is 0 Å². The SMILES string of the molecule is CCCCC1(CCCC)NC(=N)N(CCC2CCN(C(=O)c3cccc(Cl)c3)C2)C1=O. The Kier molecular flexibility index (Phi) is 7.98. The van der Waals surface area contributed by atoms with Crippen LogP contribution in [0.15, 0.2) is 24.3 Å². The second-order valence-electron chi connectivity index (χ2n) is 8.92. The number of benzene rings is 1. The van der Waals surface area contributed by atoms with Crippen LogP contribution in [0.4, 0.5) is 0 Å². The minimum absolute atomic E-state index is 0.00908. The van der Waals surface area contributed by atoms with Gasteiger partial charge in [-0.3, -0.25) is 19.9 Å². The lowest BCUT2D eigenvalue weighted by Gasteiger charge is -2.27. The number of nitrogens with zero attached hydrogens (tertiary/aromatic N) is 2. The first kappa shape index (κ1) is 23.6. The Bertz CT molecular complexity index is 805. The number of carbonyl (C=O) groups is 2. The molecule has 31 heavy (non-hydrogen) atoms. The molecule has 0 radical (unpaired) electrons. The minimum Gasteiger partial charge on any atom is -0.342 e. The van der Waals surface area contributed by atoms with Crippen molar-refractivity contribution in [2.45, 2.75) is 70.8 Å². The maximum atomic E-state index is 13.3. The van der Waals surface area contributed by atoms with Crippen molar-refractivity contribution in [3.05, 3.63) is 34.9 Å². The normalized spacial score (nSPS) is 20.4. The molecule has 0 spiro atoms. The van der Waals surface area contributed by atoms with Gasteiger partial charge in [0, 0.05) is 30.2 Å². The number of unbranched alkanes of at least 4 members (excludes halogenated alkanes) is 2. The monoisotopic (exact) mass is 446 g/mol. The molecule has 1 aromatic carbocycles. The Morgan fingerprint density at radius 2 is 1.97 bits per heavy atom. The van der Waals surface area contributed by atoms with Crippen molar-refractivity contribution >= 4 is 29.4 Å². The summed E-state index contributed by atoms with van der Waals surface area (Å²) in [5, 5.41) is 12.2. The van der Waals surface area contributed by atoms with E-state index in [2.05, 4.69) is 19.2 Å². The van der Waals surface area contributed by atoms with Gasteiger partial charge in [-0.05, 0) is 49.8 Å². The molecular formula is C24H35ClN4O2. The van der Waals surface area contributed by atoms with Crippen LogP contribution < -0.4 is 5.32 Å². The number of rotatable bonds is 10. The van der Waals surface area contributed by atoms with Crippen molar-refractivity contribution in [1.29, 1.82) is 5.41 Å². The summed E-state index contributed by atoms with van der Waals surface area (Å²) in [4.78, 5) is 29.5. The summed E-state index contributed by atoms with van der Waals surface area (Å²) < 4.78 is 0. The standard InChI is InChI=1S/C24H35ClN4O2/c1-3-5-12-24(13-6-4-2)22(31)29(23(26)27-24)15-11-18-10-14-28(17-18)21(30)19-8-7-9-20(25)16-19/h7-9,16,18H,3-6,10-15,17H2,1-2H3,(H2,26,27). The van der Waals surface area contributed by atoms with Crippen molar-refractivity contribution in [3.8, 4) is 0 Å². The first-order valence-electron chi connectivity index (χ1n) is 11.6. The molecule has 2 amide bonds. The zero-order valence-electron chi connectivity index (χ0n) is 18.8. The van der Waals surface area contributed by atoms with Gasteiger partial charge in [-0.2, -0.15) is 0 Å². The van der Waals surface area contributed by atoms with Gasteiger partial charge in [-0.25, -0.2) is 0 Å². The molecule has 2 saturated heterocycles. The van der Waals surface area contributed by atoms with Crippen molar-refractivity contribution in [3.63, 3.8) is 0 Å². The van der Waals surface area contributed by atoms with Crippen molar-refractivity contribution in [2.24, 2.45) is 5.92 Å². The largest absolute Gasteiger partial charge is 0.342 e. The van der Waals surface area contributed by atoms with E-state index in [1.807, 2.05) is 4.90 Å². The van der Waals surface area contributed by atoms with Crippen LogP contribution >= 0.6 is 11.6 Å². The zero-order chi connectivity index (χ0) is 22.4. The third-order valence-electron chi connectivity index (χ3n) is 6.60. The van der Waals surface area contributed by atoms with Gasteiger partial charge in [0.25, 0.3) is 11.8 Å². The summed E-state index contributed by atoms with van der Waals surface area (Å²) in [6.07, 6.45) is 7.32. The number of likely N-dealkylation sites (tertiary alicyclic amines) is 1. The van der Waals surface area contributed by atoms with E-state index in [-0.39, 0.29) is 17.8 Å². The number of hydrogen-bond acceptors (Lipinski definition) is 3. The van der Waals surface area contributed by atoms with Crippen molar-refractivity contribution < 1.29 is 9.59 Å². The summed E-state index contributed by atoms with van der Waals surface area (Å²) >= 11 is 6.03. The second kappa shape index (κ2) is 10.5. The number of guanidine groups is 1. The summed E-state index contributed by atoms with van der Waals surface area (Å²) in [5.74, 6) is 0.645. The first-order valence-corrected chi connectivity index (χ1v) is 12.0. The highest BCUT2D eigenvalue weighted by atomic mass is 35.5. The average Bonchev–Trinajstić information content (AvgIpc) is 3.32. The maximum absolute atomic E-state index is 13.3. The molecule has 2 N–H and O–H groups in total. The van der Waals surface area contributed by atoms with E-state index < -0.39 is 5.54 Å². The van der Waals surface area contributed by atoms with Crippen LogP contribution in [0, 0.1) is 11.3 Å². The quantitative estimate of drug-likeness (QED) is 0.547. The Hall–Kier alpha value is -2.08. The zero-order valence-corrected chi connectivity index (χ0v) is 19.5. The number of hydrogen-bond donors (Lipinski definition) is 2. The lowest BCUT2D eigenvalue weighted by atomic mass is 9.87. The molecule has 2 aliphatic heterocycles. The third kappa shape index (κ3) is 5.40. The van der Waals surface area contributed by atoms with E-state index in [0.717, 1.165) is 57.9 Å². The molecule has 7 heteroatoms. The fourth-order valence-electron chi connectivity index (χ4n) is 4.71. The molecule has 1 aromatic rings. The molecule has 1 unspecified atom stereocenters. The molecule has 2 aliphatic rings. The molecule has 170 valence electrons. The van der Waals surface area contributed by atoms with Gasteiger partial charge in [0.15, 0.2) is 5.96 Å². The molecule has 0 aliphatic carbocycles. The highest BCUT2D eigenvalue weighted by Crippen LogP contribution is 2.30. The minimum atomic E-state index is -0.604. The number of halogens is 1. The number of carbonyl (C=O) groups excluding carboxylic acids is 2. The smallest absolute Gasteiger partial charge is 0.255 e. The van der Waals surface area contributed by atoms with E-state index in [0.29, 0.717) is 29.6 Å². The third-order valence-corrected chi connectivity index (χ3v) is 6.84. The topological polar surface area (TPSA) is 76.5 Å². The van der Waals surface area contributed by atoms with Gasteiger partial charge in [0.05, 0.1) is 0 Å². The molecule has 0 saturated carbocycles. The fourth-order valence-corrected chi connectivity index (χ4v) is 4.90. The van der Waals surface area contributed by atoms with E-state index in [9.17, 15) is 9.59 Å². The predicted octanol–water partition coefficient (Wildman–Crippen LogP) is 4.68. The van der Waals surface area contributed by atoms with E-state index in [1.165, 1.54) is 0 Å². The predicted molar refractivity (Wildman–Crippen MR) is 124 cm³/mol. The van der Waals surface area contributed by atoms with E-state index in [4.69, 9.17) is 17.0 Å². The Morgan fingerprint density at radius 3 is 2.61 bits per heavy atom. The molecule has 2 heterocycles. The van der Waals surface area contributed by atoms with Gasteiger partial charge in [0.1, 0.15) is 5.54 Å². The van der Waals surface area contributed by atoms with Gasteiger partial charge in [-0.1, -0.05) is 57.2 Å². The highest BCUT2D eigenvalue weighted by Gasteiger charge is 2.48. The van der Waals surface area contributed by atoms with Crippen molar-refractivity contribution in [2.75, 3.05) is 19.6 Å². The van der Waals surface area contributed by atoms with E-state index in [1.54, 1.807) is 29.2 Å². The van der Waals surface area contributed by atoms with Crippen LogP contribution in [-0.2, 0) is 4.79 Å². The van der Waals surface area contributed by atoms with Crippen LogP contribution in [0.3, 0.4) is 0 Å². The fraction of sp³-hybridized carbons (Fsp3) is 0.625. The van der Waals surface area contributed by atoms with E-state index >= 15 is 0 Å². The molecule has 2 fully saturated rings.